The molecule has 1 heterocycles. The Morgan fingerprint density at radius 2 is 1.77 bits per heavy atom. The van der Waals surface area contributed by atoms with E-state index in [2.05, 4.69) is 12.2 Å². The van der Waals surface area contributed by atoms with Gasteiger partial charge in [0.1, 0.15) is 5.82 Å². The molecule has 0 unspecified atom stereocenters. The smallest absolute Gasteiger partial charge is 0.123 e. The van der Waals surface area contributed by atoms with Crippen molar-refractivity contribution >= 4 is 12.4 Å². The predicted octanol–water partition coefficient (Wildman–Crippen LogP) is 2.11. The quantitative estimate of drug-likeness (QED) is 0.734. The summed E-state index contributed by atoms with van der Waals surface area (Å²) < 4.78 is 12.6. The normalized spacial score (nSPS) is 18.6. The molecule has 0 bridgehead atoms. The van der Waals surface area contributed by atoms with Crippen LogP contribution in [-0.2, 0) is 5.41 Å². The van der Waals surface area contributed by atoms with Crippen LogP contribution in [0.3, 0.4) is 0 Å². The summed E-state index contributed by atoms with van der Waals surface area (Å²) in [6.45, 7) is 4.19. The Hall–Kier alpha value is -0.600. The molecule has 0 amide bonds. The van der Waals surface area contributed by atoms with Crippen LogP contribution < -0.4 is 5.32 Å². The zero-order valence-electron chi connectivity index (χ0n) is 7.51. The highest BCUT2D eigenvalue weighted by Crippen LogP contribution is 2.27. The highest BCUT2D eigenvalue weighted by atomic mass is 35.5. The molecule has 1 N–H and O–H groups in total. The van der Waals surface area contributed by atoms with Crippen molar-refractivity contribution in [3.8, 4) is 0 Å². The number of nitrogens with one attached hydrogen (secondary N) is 1. The van der Waals surface area contributed by atoms with Crippen LogP contribution in [0.5, 0.6) is 0 Å². The standard InChI is InChI=1S/C10H12FN.ClH/c1-10(6-12-7-10)8-2-4-9(11)5-3-8;/h2-5,12H,6-7H2,1H3;1H. The van der Waals surface area contributed by atoms with Crippen molar-refractivity contribution in [2.75, 3.05) is 13.1 Å². The minimum Gasteiger partial charge on any atom is -0.315 e. The van der Waals surface area contributed by atoms with E-state index in [1.165, 1.54) is 17.7 Å². The fraction of sp³-hybridized carbons (Fsp3) is 0.400. The minimum atomic E-state index is -0.158. The average molecular weight is 202 g/mol. The zero-order valence-corrected chi connectivity index (χ0v) is 8.33. The molecule has 1 fully saturated rings. The highest BCUT2D eigenvalue weighted by molar-refractivity contribution is 5.85. The van der Waals surface area contributed by atoms with Crippen LogP contribution in [0.25, 0.3) is 0 Å². The largest absolute Gasteiger partial charge is 0.315 e. The number of hydrogen-bond donors (Lipinski definition) is 1. The monoisotopic (exact) mass is 201 g/mol. The third-order valence-electron chi connectivity index (χ3n) is 2.57. The van der Waals surface area contributed by atoms with E-state index in [9.17, 15) is 4.39 Å². The van der Waals surface area contributed by atoms with Gasteiger partial charge in [-0.1, -0.05) is 19.1 Å². The molecule has 0 radical (unpaired) electrons. The molecule has 3 heteroatoms. The van der Waals surface area contributed by atoms with Crippen molar-refractivity contribution in [3.63, 3.8) is 0 Å². The lowest BCUT2D eigenvalue weighted by Gasteiger charge is -2.39. The Morgan fingerprint density at radius 1 is 1.23 bits per heavy atom. The summed E-state index contributed by atoms with van der Waals surface area (Å²) in [5.74, 6) is -0.158. The second-order valence-electron chi connectivity index (χ2n) is 3.67. The summed E-state index contributed by atoms with van der Waals surface area (Å²) in [5.41, 5.74) is 1.45. The Labute approximate surface area is 83.8 Å². The van der Waals surface area contributed by atoms with Gasteiger partial charge in [0.15, 0.2) is 0 Å². The maximum Gasteiger partial charge on any atom is 0.123 e. The minimum absolute atomic E-state index is 0. The van der Waals surface area contributed by atoms with E-state index in [1.54, 1.807) is 0 Å². The summed E-state index contributed by atoms with van der Waals surface area (Å²) in [7, 11) is 0. The highest BCUT2D eigenvalue weighted by Gasteiger charge is 2.32. The lowest BCUT2D eigenvalue weighted by atomic mass is 9.77. The Bertz CT molecular complexity index is 279. The summed E-state index contributed by atoms with van der Waals surface area (Å²) in [6.07, 6.45) is 0. The van der Waals surface area contributed by atoms with Gasteiger partial charge in [-0.25, -0.2) is 4.39 Å². The van der Waals surface area contributed by atoms with E-state index in [-0.39, 0.29) is 23.6 Å². The fourth-order valence-corrected chi connectivity index (χ4v) is 1.56. The van der Waals surface area contributed by atoms with Crippen molar-refractivity contribution in [2.45, 2.75) is 12.3 Å². The molecule has 13 heavy (non-hydrogen) atoms. The van der Waals surface area contributed by atoms with Crippen LogP contribution in [0.2, 0.25) is 0 Å². The van der Waals surface area contributed by atoms with Gasteiger partial charge in [-0.2, -0.15) is 0 Å². The summed E-state index contributed by atoms with van der Waals surface area (Å²) in [4.78, 5) is 0. The van der Waals surface area contributed by atoms with E-state index >= 15 is 0 Å². The molecule has 1 nitrogen and oxygen atoms in total. The van der Waals surface area contributed by atoms with Crippen LogP contribution >= 0.6 is 12.4 Å². The van der Waals surface area contributed by atoms with Crippen molar-refractivity contribution in [1.29, 1.82) is 0 Å². The first kappa shape index (κ1) is 10.5. The molecule has 0 saturated carbocycles. The van der Waals surface area contributed by atoms with Crippen LogP contribution in [-0.4, -0.2) is 13.1 Å². The van der Waals surface area contributed by atoms with E-state index in [0.717, 1.165) is 13.1 Å². The molecule has 1 aliphatic rings. The topological polar surface area (TPSA) is 12.0 Å². The summed E-state index contributed by atoms with van der Waals surface area (Å²) >= 11 is 0. The molecule has 1 saturated heterocycles. The lowest BCUT2D eigenvalue weighted by molar-refractivity contribution is 0.305. The first-order valence-corrected chi connectivity index (χ1v) is 4.17. The second kappa shape index (κ2) is 3.64. The molecule has 0 aliphatic carbocycles. The van der Waals surface area contributed by atoms with Gasteiger partial charge in [0.25, 0.3) is 0 Å². The van der Waals surface area contributed by atoms with E-state index in [1.807, 2.05) is 12.1 Å². The molecule has 1 aromatic carbocycles. The van der Waals surface area contributed by atoms with Crippen LogP contribution in [0.15, 0.2) is 24.3 Å². The number of rotatable bonds is 1. The third-order valence-corrected chi connectivity index (χ3v) is 2.57. The maximum absolute atomic E-state index is 12.6. The predicted molar refractivity (Wildman–Crippen MR) is 53.9 cm³/mol. The first-order valence-electron chi connectivity index (χ1n) is 4.17. The van der Waals surface area contributed by atoms with Gasteiger partial charge in [0, 0.05) is 18.5 Å². The fourth-order valence-electron chi connectivity index (χ4n) is 1.56. The Kier molecular flexibility index (Phi) is 2.94. The van der Waals surface area contributed by atoms with Crippen molar-refractivity contribution in [3.05, 3.63) is 35.6 Å². The number of benzene rings is 1. The average Bonchev–Trinajstić information content (AvgIpc) is 2.02. The van der Waals surface area contributed by atoms with Gasteiger partial charge in [-0.15, -0.1) is 12.4 Å². The molecule has 2 rings (SSSR count). The molecule has 1 aliphatic heterocycles. The molecule has 0 spiro atoms. The van der Waals surface area contributed by atoms with Crippen molar-refractivity contribution in [1.82, 2.24) is 5.32 Å². The second-order valence-corrected chi connectivity index (χ2v) is 3.67. The van der Waals surface area contributed by atoms with Gasteiger partial charge >= 0.3 is 0 Å². The number of hydrogen-bond acceptors (Lipinski definition) is 1. The molecule has 0 aromatic heterocycles. The van der Waals surface area contributed by atoms with E-state index in [0.29, 0.717) is 0 Å². The Balaban J connectivity index is 0.000000845. The molecule has 1 aromatic rings. The molecule has 72 valence electrons. The molecular formula is C10H13ClFN. The van der Waals surface area contributed by atoms with E-state index in [4.69, 9.17) is 0 Å². The van der Waals surface area contributed by atoms with Gasteiger partial charge in [0.2, 0.25) is 0 Å². The van der Waals surface area contributed by atoms with E-state index < -0.39 is 0 Å². The van der Waals surface area contributed by atoms with Crippen LogP contribution in [0, 0.1) is 5.82 Å². The first-order chi connectivity index (χ1) is 5.71. The van der Waals surface area contributed by atoms with Gasteiger partial charge in [-0.3, -0.25) is 0 Å². The van der Waals surface area contributed by atoms with Gasteiger partial charge < -0.3 is 5.32 Å². The van der Waals surface area contributed by atoms with Crippen LogP contribution in [0.1, 0.15) is 12.5 Å². The molecule has 0 atom stereocenters. The zero-order chi connectivity index (χ0) is 8.60. The van der Waals surface area contributed by atoms with Crippen molar-refractivity contribution < 1.29 is 4.39 Å². The summed E-state index contributed by atoms with van der Waals surface area (Å²) in [5, 5.41) is 3.22. The third kappa shape index (κ3) is 1.84. The Morgan fingerprint density at radius 3 is 2.15 bits per heavy atom. The van der Waals surface area contributed by atoms with Crippen molar-refractivity contribution in [2.24, 2.45) is 0 Å². The lowest BCUT2D eigenvalue weighted by Crippen LogP contribution is -2.54. The summed E-state index contributed by atoms with van der Waals surface area (Å²) in [6, 6.07) is 6.80. The van der Waals surface area contributed by atoms with Gasteiger partial charge in [-0.05, 0) is 17.7 Å². The maximum atomic E-state index is 12.6. The number of halogens is 2. The van der Waals surface area contributed by atoms with Crippen LogP contribution in [0.4, 0.5) is 4.39 Å². The molecular weight excluding hydrogens is 189 g/mol. The van der Waals surface area contributed by atoms with Gasteiger partial charge in [0.05, 0.1) is 0 Å². The SMILES string of the molecule is CC1(c2ccc(F)cc2)CNC1.Cl.